The lowest BCUT2D eigenvalue weighted by molar-refractivity contribution is -0.118. The molecule has 1 aliphatic heterocycles. The monoisotopic (exact) mass is 164 g/mol. The van der Waals surface area contributed by atoms with Gasteiger partial charge in [0.2, 0.25) is 5.91 Å². The number of ether oxygens (including phenoxy) is 1. The molecular formula is C8H8N2O2. The van der Waals surface area contributed by atoms with E-state index in [9.17, 15) is 4.79 Å². The number of carbonyl (C=O) groups is 1. The molecule has 0 fully saturated rings. The van der Waals surface area contributed by atoms with Gasteiger partial charge in [-0.3, -0.25) is 4.79 Å². The van der Waals surface area contributed by atoms with Gasteiger partial charge in [-0.2, -0.15) is 0 Å². The van der Waals surface area contributed by atoms with E-state index < -0.39 is 0 Å². The number of hydrogen-bond donors (Lipinski definition) is 2. The fourth-order valence-electron chi connectivity index (χ4n) is 1.04. The van der Waals surface area contributed by atoms with Gasteiger partial charge in [-0.15, -0.1) is 0 Å². The SMILES string of the molecule is O=C1C=C(c2ccc[nH]2)OCN1. The number of amides is 1. The molecule has 1 amide bonds. The van der Waals surface area contributed by atoms with Crippen molar-refractivity contribution in [3.8, 4) is 0 Å². The van der Waals surface area contributed by atoms with Crippen LogP contribution in [0.15, 0.2) is 24.4 Å². The van der Waals surface area contributed by atoms with E-state index in [-0.39, 0.29) is 12.6 Å². The van der Waals surface area contributed by atoms with Crippen LogP contribution in [0.3, 0.4) is 0 Å². The minimum atomic E-state index is -0.120. The molecule has 0 saturated heterocycles. The predicted octanol–water partition coefficient (Wildman–Crippen LogP) is 0.460. The fraction of sp³-hybridized carbons (Fsp3) is 0.125. The summed E-state index contributed by atoms with van der Waals surface area (Å²) < 4.78 is 5.19. The highest BCUT2D eigenvalue weighted by molar-refractivity contribution is 5.94. The molecule has 0 saturated carbocycles. The Bertz CT molecular complexity index is 314. The third kappa shape index (κ3) is 1.18. The Labute approximate surface area is 69.2 Å². The van der Waals surface area contributed by atoms with Crippen LogP contribution in [0.5, 0.6) is 0 Å². The van der Waals surface area contributed by atoms with E-state index in [1.807, 2.05) is 12.1 Å². The van der Waals surface area contributed by atoms with Gasteiger partial charge in [0.25, 0.3) is 0 Å². The Hall–Kier alpha value is -1.71. The normalized spacial score (nSPS) is 16.3. The first-order valence-electron chi connectivity index (χ1n) is 3.62. The van der Waals surface area contributed by atoms with Crippen molar-refractivity contribution >= 4 is 11.7 Å². The van der Waals surface area contributed by atoms with Crippen LogP contribution in [0, 0.1) is 0 Å². The van der Waals surface area contributed by atoms with E-state index in [1.165, 1.54) is 6.08 Å². The molecule has 0 aromatic carbocycles. The van der Waals surface area contributed by atoms with Crippen LogP contribution in [0.4, 0.5) is 0 Å². The van der Waals surface area contributed by atoms with Crippen molar-refractivity contribution in [3.05, 3.63) is 30.1 Å². The van der Waals surface area contributed by atoms with Gasteiger partial charge < -0.3 is 15.0 Å². The van der Waals surface area contributed by atoms with Crippen molar-refractivity contribution < 1.29 is 9.53 Å². The van der Waals surface area contributed by atoms with Gasteiger partial charge in [-0.05, 0) is 12.1 Å². The summed E-state index contributed by atoms with van der Waals surface area (Å²) in [5.74, 6) is 0.467. The minimum Gasteiger partial charge on any atom is -0.471 e. The molecule has 1 aromatic rings. The maximum absolute atomic E-state index is 10.9. The average Bonchev–Trinajstić information content (AvgIpc) is 2.56. The summed E-state index contributed by atoms with van der Waals surface area (Å²) in [4.78, 5) is 13.8. The summed E-state index contributed by atoms with van der Waals surface area (Å²) in [7, 11) is 0. The second-order valence-electron chi connectivity index (χ2n) is 2.42. The van der Waals surface area contributed by atoms with Gasteiger partial charge in [-0.1, -0.05) is 0 Å². The summed E-state index contributed by atoms with van der Waals surface area (Å²) in [6.45, 7) is 0.240. The molecule has 0 radical (unpaired) electrons. The zero-order valence-corrected chi connectivity index (χ0v) is 6.33. The van der Waals surface area contributed by atoms with Crippen molar-refractivity contribution in [1.29, 1.82) is 0 Å². The molecule has 62 valence electrons. The Balaban J connectivity index is 2.29. The maximum Gasteiger partial charge on any atom is 0.250 e. The Morgan fingerprint density at radius 1 is 1.50 bits per heavy atom. The van der Waals surface area contributed by atoms with E-state index in [2.05, 4.69) is 10.3 Å². The topological polar surface area (TPSA) is 54.1 Å². The van der Waals surface area contributed by atoms with Crippen molar-refractivity contribution in [1.82, 2.24) is 10.3 Å². The number of nitrogens with one attached hydrogen (secondary N) is 2. The summed E-state index contributed by atoms with van der Waals surface area (Å²) >= 11 is 0. The summed E-state index contributed by atoms with van der Waals surface area (Å²) in [5.41, 5.74) is 0.824. The second kappa shape index (κ2) is 2.73. The molecular weight excluding hydrogens is 156 g/mol. The van der Waals surface area contributed by atoms with Crippen LogP contribution >= 0.6 is 0 Å². The van der Waals surface area contributed by atoms with Gasteiger partial charge >= 0.3 is 0 Å². The molecule has 1 aliphatic rings. The molecule has 2 rings (SSSR count). The number of aromatic nitrogens is 1. The number of carbonyl (C=O) groups excluding carboxylic acids is 1. The first kappa shape index (κ1) is 6.97. The summed E-state index contributed by atoms with van der Waals surface area (Å²) in [6.07, 6.45) is 3.21. The highest BCUT2D eigenvalue weighted by Gasteiger charge is 2.11. The van der Waals surface area contributed by atoms with Gasteiger partial charge in [0.15, 0.2) is 12.5 Å². The number of aromatic amines is 1. The number of hydrogen-bond acceptors (Lipinski definition) is 2. The maximum atomic E-state index is 10.9. The lowest BCUT2D eigenvalue weighted by atomic mass is 10.3. The minimum absolute atomic E-state index is 0.120. The molecule has 1 aromatic heterocycles. The molecule has 12 heavy (non-hydrogen) atoms. The van der Waals surface area contributed by atoms with E-state index >= 15 is 0 Å². The zero-order valence-electron chi connectivity index (χ0n) is 6.33. The van der Waals surface area contributed by atoms with Crippen molar-refractivity contribution in [2.24, 2.45) is 0 Å². The lowest BCUT2D eigenvalue weighted by Gasteiger charge is -2.13. The molecule has 0 atom stereocenters. The van der Waals surface area contributed by atoms with Crippen LogP contribution in [0.1, 0.15) is 5.69 Å². The van der Waals surface area contributed by atoms with Crippen molar-refractivity contribution in [2.75, 3.05) is 6.73 Å². The average molecular weight is 164 g/mol. The highest BCUT2D eigenvalue weighted by atomic mass is 16.5. The van der Waals surface area contributed by atoms with Crippen molar-refractivity contribution in [3.63, 3.8) is 0 Å². The van der Waals surface area contributed by atoms with Crippen LogP contribution in [-0.4, -0.2) is 17.6 Å². The summed E-state index contributed by atoms with van der Waals surface area (Å²) in [6, 6.07) is 3.70. The number of rotatable bonds is 1. The van der Waals surface area contributed by atoms with E-state index in [0.717, 1.165) is 5.69 Å². The molecule has 0 aliphatic carbocycles. The molecule has 4 nitrogen and oxygen atoms in total. The van der Waals surface area contributed by atoms with Gasteiger partial charge in [0.05, 0.1) is 5.69 Å². The zero-order chi connectivity index (χ0) is 8.39. The molecule has 2 heterocycles. The van der Waals surface area contributed by atoms with Crippen LogP contribution in [0.25, 0.3) is 5.76 Å². The Morgan fingerprint density at radius 3 is 3.08 bits per heavy atom. The molecule has 4 heteroatoms. The smallest absolute Gasteiger partial charge is 0.250 e. The molecule has 0 spiro atoms. The second-order valence-corrected chi connectivity index (χ2v) is 2.42. The van der Waals surface area contributed by atoms with Gasteiger partial charge in [-0.25, -0.2) is 0 Å². The quantitative estimate of drug-likeness (QED) is 0.633. The Morgan fingerprint density at radius 2 is 2.42 bits per heavy atom. The van der Waals surface area contributed by atoms with E-state index in [0.29, 0.717) is 5.76 Å². The number of H-pyrrole nitrogens is 1. The van der Waals surface area contributed by atoms with E-state index in [1.54, 1.807) is 6.20 Å². The van der Waals surface area contributed by atoms with E-state index in [4.69, 9.17) is 4.74 Å². The fourth-order valence-corrected chi connectivity index (χ4v) is 1.04. The lowest BCUT2D eigenvalue weighted by Crippen LogP contribution is -2.28. The third-order valence-corrected chi connectivity index (χ3v) is 1.60. The van der Waals surface area contributed by atoms with Gasteiger partial charge in [0, 0.05) is 12.3 Å². The largest absolute Gasteiger partial charge is 0.471 e. The van der Waals surface area contributed by atoms with Crippen LogP contribution in [0.2, 0.25) is 0 Å². The predicted molar refractivity (Wildman–Crippen MR) is 42.9 cm³/mol. The van der Waals surface area contributed by atoms with Gasteiger partial charge in [0.1, 0.15) is 0 Å². The van der Waals surface area contributed by atoms with Crippen LogP contribution < -0.4 is 5.32 Å². The van der Waals surface area contributed by atoms with Crippen LogP contribution in [-0.2, 0) is 9.53 Å². The highest BCUT2D eigenvalue weighted by Crippen LogP contribution is 2.14. The first-order chi connectivity index (χ1) is 5.86. The molecule has 0 bridgehead atoms. The first-order valence-corrected chi connectivity index (χ1v) is 3.62. The molecule has 0 unspecified atom stereocenters. The summed E-state index contributed by atoms with van der Waals surface area (Å²) in [5, 5.41) is 2.52. The Kier molecular flexibility index (Phi) is 1.59. The standard InChI is InChI=1S/C8H8N2O2/c11-8-4-7(12-5-10-8)6-2-1-3-9-6/h1-4,9H,5H2,(H,10,11). The third-order valence-electron chi connectivity index (χ3n) is 1.60. The van der Waals surface area contributed by atoms with Crippen molar-refractivity contribution in [2.45, 2.75) is 0 Å². The molecule has 2 N–H and O–H groups in total.